The number of hydrogen-bond acceptors (Lipinski definition) is 6. The second-order valence-corrected chi connectivity index (χ2v) is 7.70. The number of benzene rings is 1. The summed E-state index contributed by atoms with van der Waals surface area (Å²) in [6, 6.07) is 10.8. The highest BCUT2D eigenvalue weighted by Crippen LogP contribution is 2.32. The lowest BCUT2D eigenvalue weighted by Crippen LogP contribution is -2.36. The van der Waals surface area contributed by atoms with Gasteiger partial charge in [0.15, 0.2) is 0 Å². The molecule has 0 spiro atoms. The molecule has 1 saturated heterocycles. The molecule has 4 rings (SSSR count). The fraction of sp³-hybridized carbons (Fsp3) is 0.292. The second kappa shape index (κ2) is 9.82. The van der Waals surface area contributed by atoms with Crippen LogP contribution in [0.25, 0.3) is 0 Å². The Balaban J connectivity index is 1.69. The summed E-state index contributed by atoms with van der Waals surface area (Å²) in [6.45, 7) is 4.64. The zero-order valence-electron chi connectivity index (χ0n) is 17.7. The minimum atomic E-state index is -0.657. The number of hydrogen-bond donors (Lipinski definition) is 1. The summed E-state index contributed by atoms with van der Waals surface area (Å²) in [7, 11) is 0. The molecular weight excluding hydrogens is 414 g/mol. The minimum absolute atomic E-state index is 0.196. The molecule has 0 amide bonds. The molecule has 166 valence electrons. The van der Waals surface area contributed by atoms with Gasteiger partial charge >= 0.3 is 0 Å². The van der Waals surface area contributed by atoms with Crippen LogP contribution in [0.3, 0.4) is 0 Å². The standard InChI is InChI=1S/C24H24F2N4O2/c1-16-12-17(6-7-27-16)23(29-31)14-21(20-4-3-19(25)13-22(20)26)18-2-5-24(28-15-18)30-8-10-32-11-9-30/h2-7,12-13,15,21,31H,8-11,14H2,1H3/b29-23+. The quantitative estimate of drug-likeness (QED) is 0.353. The van der Waals surface area contributed by atoms with Crippen LogP contribution in [-0.4, -0.2) is 47.2 Å². The van der Waals surface area contributed by atoms with Gasteiger partial charge in [0.1, 0.15) is 17.5 Å². The Bertz CT molecular complexity index is 1100. The van der Waals surface area contributed by atoms with Crippen molar-refractivity contribution in [3.05, 3.63) is 88.9 Å². The van der Waals surface area contributed by atoms with Gasteiger partial charge in [-0.05, 0) is 42.3 Å². The number of pyridine rings is 2. The van der Waals surface area contributed by atoms with Crippen LogP contribution in [-0.2, 0) is 4.74 Å². The molecule has 1 aliphatic heterocycles. The van der Waals surface area contributed by atoms with Crippen molar-refractivity contribution in [1.29, 1.82) is 0 Å². The fourth-order valence-corrected chi connectivity index (χ4v) is 3.91. The van der Waals surface area contributed by atoms with Gasteiger partial charge in [-0.3, -0.25) is 4.98 Å². The summed E-state index contributed by atoms with van der Waals surface area (Å²) in [5, 5.41) is 13.2. The molecule has 6 nitrogen and oxygen atoms in total. The van der Waals surface area contributed by atoms with E-state index in [1.165, 1.54) is 12.1 Å². The first-order valence-corrected chi connectivity index (χ1v) is 10.4. The number of aryl methyl sites for hydroxylation is 1. The van der Waals surface area contributed by atoms with E-state index in [1.807, 2.05) is 19.1 Å². The van der Waals surface area contributed by atoms with Gasteiger partial charge in [0.25, 0.3) is 0 Å². The number of anilines is 1. The molecule has 1 atom stereocenters. The maximum absolute atomic E-state index is 14.8. The lowest BCUT2D eigenvalue weighted by Gasteiger charge is -2.28. The van der Waals surface area contributed by atoms with Crippen molar-refractivity contribution in [2.75, 3.05) is 31.2 Å². The van der Waals surface area contributed by atoms with Crippen LogP contribution in [0.5, 0.6) is 0 Å². The van der Waals surface area contributed by atoms with E-state index in [9.17, 15) is 14.0 Å². The van der Waals surface area contributed by atoms with Crippen molar-refractivity contribution < 1.29 is 18.7 Å². The fourth-order valence-electron chi connectivity index (χ4n) is 3.91. The molecule has 1 aromatic carbocycles. The number of rotatable bonds is 6. The van der Waals surface area contributed by atoms with E-state index in [0.717, 1.165) is 36.2 Å². The average Bonchev–Trinajstić information content (AvgIpc) is 2.81. The molecule has 0 aliphatic carbocycles. The van der Waals surface area contributed by atoms with Gasteiger partial charge in [-0.2, -0.15) is 0 Å². The molecule has 2 aromatic heterocycles. The maximum atomic E-state index is 14.8. The molecule has 1 aliphatic rings. The maximum Gasteiger partial charge on any atom is 0.129 e. The van der Waals surface area contributed by atoms with Crippen LogP contribution in [0.4, 0.5) is 14.6 Å². The number of ether oxygens (including phenoxy) is 1. The van der Waals surface area contributed by atoms with E-state index in [4.69, 9.17) is 4.74 Å². The third-order valence-electron chi connectivity index (χ3n) is 5.59. The Labute approximate surface area is 185 Å². The largest absolute Gasteiger partial charge is 0.411 e. The highest BCUT2D eigenvalue weighted by Gasteiger charge is 2.23. The summed E-state index contributed by atoms with van der Waals surface area (Å²) in [4.78, 5) is 10.9. The van der Waals surface area contributed by atoms with Crippen molar-refractivity contribution in [1.82, 2.24) is 9.97 Å². The smallest absolute Gasteiger partial charge is 0.129 e. The van der Waals surface area contributed by atoms with Gasteiger partial charge in [0.05, 0.1) is 18.9 Å². The van der Waals surface area contributed by atoms with E-state index in [1.54, 1.807) is 24.5 Å². The highest BCUT2D eigenvalue weighted by atomic mass is 19.1. The first-order valence-electron chi connectivity index (χ1n) is 10.4. The molecule has 1 N–H and O–H groups in total. The average molecular weight is 438 g/mol. The van der Waals surface area contributed by atoms with Gasteiger partial charge < -0.3 is 14.8 Å². The first-order chi connectivity index (χ1) is 15.5. The number of nitrogens with zero attached hydrogens (tertiary/aromatic N) is 4. The van der Waals surface area contributed by atoms with Crippen LogP contribution < -0.4 is 4.90 Å². The molecular formula is C24H24F2N4O2. The summed E-state index contributed by atoms with van der Waals surface area (Å²) >= 11 is 0. The van der Waals surface area contributed by atoms with Crippen LogP contribution in [0.15, 0.2) is 60.0 Å². The number of morpholine rings is 1. The van der Waals surface area contributed by atoms with E-state index in [2.05, 4.69) is 20.0 Å². The molecule has 3 heterocycles. The van der Waals surface area contributed by atoms with Crippen molar-refractivity contribution in [3.63, 3.8) is 0 Å². The molecule has 32 heavy (non-hydrogen) atoms. The Hall–Kier alpha value is -3.39. The van der Waals surface area contributed by atoms with Gasteiger partial charge in [0.2, 0.25) is 0 Å². The Morgan fingerprint density at radius 1 is 1.12 bits per heavy atom. The topological polar surface area (TPSA) is 70.8 Å². The third kappa shape index (κ3) is 4.91. The Morgan fingerprint density at radius 3 is 2.59 bits per heavy atom. The lowest BCUT2D eigenvalue weighted by molar-refractivity contribution is 0.122. The monoisotopic (exact) mass is 438 g/mol. The Morgan fingerprint density at radius 2 is 1.94 bits per heavy atom. The Kier molecular flexibility index (Phi) is 6.70. The zero-order chi connectivity index (χ0) is 22.5. The predicted molar refractivity (Wildman–Crippen MR) is 117 cm³/mol. The van der Waals surface area contributed by atoms with Crippen molar-refractivity contribution in [2.24, 2.45) is 5.16 Å². The number of halogens is 2. The summed E-state index contributed by atoms with van der Waals surface area (Å²) < 4.78 is 33.7. The molecule has 0 radical (unpaired) electrons. The van der Waals surface area contributed by atoms with Gasteiger partial charge in [-0.25, -0.2) is 13.8 Å². The van der Waals surface area contributed by atoms with E-state index in [0.29, 0.717) is 30.1 Å². The van der Waals surface area contributed by atoms with Crippen LogP contribution >= 0.6 is 0 Å². The van der Waals surface area contributed by atoms with Gasteiger partial charge in [0, 0.05) is 55.1 Å². The lowest BCUT2D eigenvalue weighted by atomic mass is 9.86. The van der Waals surface area contributed by atoms with Crippen molar-refractivity contribution >= 4 is 11.5 Å². The minimum Gasteiger partial charge on any atom is -0.411 e. The van der Waals surface area contributed by atoms with Gasteiger partial charge in [-0.15, -0.1) is 0 Å². The van der Waals surface area contributed by atoms with E-state index >= 15 is 0 Å². The number of oxime groups is 1. The zero-order valence-corrected chi connectivity index (χ0v) is 17.7. The second-order valence-electron chi connectivity index (χ2n) is 7.70. The third-order valence-corrected chi connectivity index (χ3v) is 5.59. The molecule has 0 saturated carbocycles. The SMILES string of the molecule is Cc1cc(/C(CC(c2ccc(N3CCOCC3)nc2)c2ccc(F)cc2F)=N/O)ccn1. The van der Waals surface area contributed by atoms with Crippen molar-refractivity contribution in [3.8, 4) is 0 Å². The van der Waals surface area contributed by atoms with E-state index < -0.39 is 17.6 Å². The van der Waals surface area contributed by atoms with Gasteiger partial charge in [-0.1, -0.05) is 17.3 Å². The van der Waals surface area contributed by atoms with Crippen molar-refractivity contribution in [2.45, 2.75) is 19.3 Å². The molecule has 1 fully saturated rings. The highest BCUT2D eigenvalue weighted by molar-refractivity contribution is 6.00. The first kappa shape index (κ1) is 21.8. The summed E-state index contributed by atoms with van der Waals surface area (Å²) in [6.07, 6.45) is 3.52. The predicted octanol–water partition coefficient (Wildman–Crippen LogP) is 4.30. The van der Waals surface area contributed by atoms with E-state index in [-0.39, 0.29) is 6.42 Å². The van der Waals surface area contributed by atoms with Crippen LogP contribution in [0.2, 0.25) is 0 Å². The number of aromatic nitrogens is 2. The molecule has 0 bridgehead atoms. The normalized spacial score (nSPS) is 15.6. The summed E-state index contributed by atoms with van der Waals surface area (Å²) in [5.41, 5.74) is 2.87. The molecule has 3 aromatic rings. The molecule has 8 heteroatoms. The van der Waals surface area contributed by atoms with Crippen LogP contribution in [0, 0.1) is 18.6 Å². The molecule has 1 unspecified atom stereocenters. The van der Waals surface area contributed by atoms with Crippen LogP contribution in [0.1, 0.15) is 34.7 Å². The summed E-state index contributed by atoms with van der Waals surface area (Å²) in [5.74, 6) is -1.01.